The number of alkyl halides is 4. The van der Waals surface area contributed by atoms with Crippen LogP contribution < -0.4 is 4.74 Å². The summed E-state index contributed by atoms with van der Waals surface area (Å²) < 4.78 is 56.6. The fourth-order valence-electron chi connectivity index (χ4n) is 1.94. The van der Waals surface area contributed by atoms with Crippen LogP contribution in [0.4, 0.5) is 17.6 Å². The molecule has 3 nitrogen and oxygen atoms in total. The maximum atomic E-state index is 13.3. The summed E-state index contributed by atoms with van der Waals surface area (Å²) in [5.41, 5.74) is -0.126. The molecule has 2 aromatic rings. The van der Waals surface area contributed by atoms with E-state index in [1.54, 1.807) is 12.1 Å². The van der Waals surface area contributed by atoms with E-state index in [1.807, 2.05) is 6.92 Å². The lowest BCUT2D eigenvalue weighted by molar-refractivity contribution is -0.0957. The number of benzene rings is 1. The van der Waals surface area contributed by atoms with Crippen LogP contribution in [0.5, 0.6) is 5.75 Å². The highest BCUT2D eigenvalue weighted by atomic mass is 19.3. The van der Waals surface area contributed by atoms with Crippen molar-refractivity contribution >= 4 is 16.7 Å². The first-order valence-corrected chi connectivity index (χ1v) is 6.33. The summed E-state index contributed by atoms with van der Waals surface area (Å²) in [7, 11) is 0. The average molecular weight is 303 g/mol. The zero-order valence-corrected chi connectivity index (χ0v) is 11.1. The van der Waals surface area contributed by atoms with Crippen LogP contribution in [0.2, 0.25) is 0 Å². The van der Waals surface area contributed by atoms with Gasteiger partial charge in [-0.3, -0.25) is 4.79 Å². The number of ether oxygens (including phenoxy) is 1. The van der Waals surface area contributed by atoms with Crippen molar-refractivity contribution < 1.29 is 27.1 Å². The summed E-state index contributed by atoms with van der Waals surface area (Å²) in [6.45, 7) is 2.18. The number of carbonyl (C=O) groups excluding carboxylic acids is 1. The summed E-state index contributed by atoms with van der Waals surface area (Å²) in [5, 5.41) is 0.0938. The minimum absolute atomic E-state index is 0.0938. The van der Waals surface area contributed by atoms with E-state index >= 15 is 0 Å². The molecule has 0 aliphatic heterocycles. The van der Waals surface area contributed by atoms with Gasteiger partial charge in [0.25, 0.3) is 0 Å². The Balaban J connectivity index is 2.52. The third-order valence-electron chi connectivity index (χ3n) is 2.95. The van der Waals surface area contributed by atoms with Crippen LogP contribution in [0.25, 0.3) is 10.9 Å². The second-order valence-electron chi connectivity index (χ2n) is 4.48. The maximum absolute atomic E-state index is 13.3. The Hall–Kier alpha value is -2.05. The summed E-state index contributed by atoms with van der Waals surface area (Å²) in [6, 6.07) is 4.66. The Morgan fingerprint density at radius 1 is 1.38 bits per heavy atom. The molecule has 0 saturated carbocycles. The molecule has 0 atom stereocenters. The van der Waals surface area contributed by atoms with Crippen LogP contribution in [0.3, 0.4) is 0 Å². The van der Waals surface area contributed by atoms with E-state index in [0.29, 0.717) is 18.5 Å². The molecule has 1 N–H and O–H groups in total. The third-order valence-corrected chi connectivity index (χ3v) is 2.95. The zero-order chi connectivity index (χ0) is 15.6. The molecule has 0 spiro atoms. The summed E-state index contributed by atoms with van der Waals surface area (Å²) in [4.78, 5) is 14.3. The van der Waals surface area contributed by atoms with E-state index in [4.69, 9.17) is 4.74 Å². The Kier molecular flexibility index (Phi) is 4.20. The molecule has 1 heterocycles. The lowest BCUT2D eigenvalue weighted by atomic mass is 10.0. The molecule has 1 aromatic heterocycles. The number of hydrogen-bond acceptors (Lipinski definition) is 2. The van der Waals surface area contributed by atoms with Gasteiger partial charge in [0, 0.05) is 11.7 Å². The van der Waals surface area contributed by atoms with Crippen LogP contribution in [0.15, 0.2) is 24.4 Å². The normalized spacial score (nSPS) is 12.1. The summed E-state index contributed by atoms with van der Waals surface area (Å²) in [5.74, 6) is -6.44. The standard InChI is InChI=1S/C14H13F4NO2/c1-2-6-21-10-5-3-4-9-11(10)8(7-19-9)12(20)14(17,18)13(15)16/h3-5,7,13,19H,2,6H2,1H3. The minimum atomic E-state index is -4.73. The molecule has 114 valence electrons. The molecule has 0 bridgehead atoms. The molecular formula is C14H13F4NO2. The fraction of sp³-hybridized carbons (Fsp3) is 0.357. The van der Waals surface area contributed by atoms with Gasteiger partial charge in [-0.15, -0.1) is 0 Å². The zero-order valence-electron chi connectivity index (χ0n) is 11.1. The van der Waals surface area contributed by atoms with Crippen LogP contribution in [-0.4, -0.2) is 29.7 Å². The molecule has 0 unspecified atom stereocenters. The average Bonchev–Trinajstić information content (AvgIpc) is 2.88. The van der Waals surface area contributed by atoms with Gasteiger partial charge in [-0.05, 0) is 18.6 Å². The minimum Gasteiger partial charge on any atom is -0.493 e. The predicted molar refractivity (Wildman–Crippen MR) is 69.4 cm³/mol. The van der Waals surface area contributed by atoms with Gasteiger partial charge < -0.3 is 9.72 Å². The highest BCUT2D eigenvalue weighted by Crippen LogP contribution is 2.34. The smallest absolute Gasteiger partial charge is 0.368 e. The molecule has 1 aromatic carbocycles. The Labute approximate surface area is 117 Å². The second kappa shape index (κ2) is 5.75. The number of aromatic amines is 1. The number of ketones is 1. The van der Waals surface area contributed by atoms with Crippen LogP contribution in [0, 0.1) is 0 Å². The van der Waals surface area contributed by atoms with E-state index < -0.39 is 23.7 Å². The number of hydrogen-bond donors (Lipinski definition) is 1. The molecule has 0 aliphatic carbocycles. The lowest BCUT2D eigenvalue weighted by Crippen LogP contribution is -2.36. The number of aromatic nitrogens is 1. The van der Waals surface area contributed by atoms with E-state index in [2.05, 4.69) is 4.98 Å². The predicted octanol–water partition coefficient (Wildman–Crippen LogP) is 4.04. The number of Topliss-reactive ketones (excluding diaryl/α,β-unsaturated/α-hetero) is 1. The fourth-order valence-corrected chi connectivity index (χ4v) is 1.94. The van der Waals surface area contributed by atoms with Crippen molar-refractivity contribution in [3.05, 3.63) is 30.0 Å². The van der Waals surface area contributed by atoms with Crippen molar-refractivity contribution in [2.24, 2.45) is 0 Å². The number of halogens is 4. The number of nitrogens with one attached hydrogen (secondary N) is 1. The summed E-state index contributed by atoms with van der Waals surface area (Å²) in [6.07, 6.45) is -2.38. The first-order valence-electron chi connectivity index (χ1n) is 6.33. The van der Waals surface area contributed by atoms with E-state index in [-0.39, 0.29) is 11.1 Å². The lowest BCUT2D eigenvalue weighted by Gasteiger charge is -2.14. The van der Waals surface area contributed by atoms with Crippen molar-refractivity contribution in [2.45, 2.75) is 25.7 Å². The molecular weight excluding hydrogens is 290 g/mol. The highest BCUT2D eigenvalue weighted by Gasteiger charge is 2.49. The van der Waals surface area contributed by atoms with Gasteiger partial charge in [0.15, 0.2) is 0 Å². The number of fused-ring (bicyclic) bond motifs is 1. The molecule has 21 heavy (non-hydrogen) atoms. The maximum Gasteiger partial charge on any atom is 0.368 e. The van der Waals surface area contributed by atoms with Gasteiger partial charge in [-0.25, -0.2) is 8.78 Å². The Morgan fingerprint density at radius 2 is 2.10 bits per heavy atom. The van der Waals surface area contributed by atoms with E-state index in [1.165, 1.54) is 6.07 Å². The Bertz CT molecular complexity index is 651. The first kappa shape index (κ1) is 15.3. The van der Waals surface area contributed by atoms with Crippen LogP contribution >= 0.6 is 0 Å². The highest BCUT2D eigenvalue weighted by molar-refractivity contribution is 6.13. The van der Waals surface area contributed by atoms with Crippen molar-refractivity contribution in [1.82, 2.24) is 4.98 Å². The van der Waals surface area contributed by atoms with E-state index in [0.717, 1.165) is 6.20 Å². The SMILES string of the molecule is CCCOc1cccc2[nH]cc(C(=O)C(F)(F)C(F)F)c12. The molecule has 0 radical (unpaired) electrons. The van der Waals surface area contributed by atoms with Gasteiger partial charge in [0.2, 0.25) is 5.78 Å². The van der Waals surface area contributed by atoms with Gasteiger partial charge in [-0.2, -0.15) is 8.78 Å². The van der Waals surface area contributed by atoms with Gasteiger partial charge in [-0.1, -0.05) is 13.0 Å². The monoisotopic (exact) mass is 303 g/mol. The van der Waals surface area contributed by atoms with Crippen molar-refractivity contribution in [3.63, 3.8) is 0 Å². The van der Waals surface area contributed by atoms with Gasteiger partial charge >= 0.3 is 12.3 Å². The molecule has 2 rings (SSSR count). The number of carbonyl (C=O) groups is 1. The molecule has 0 fully saturated rings. The van der Waals surface area contributed by atoms with Crippen molar-refractivity contribution in [3.8, 4) is 5.75 Å². The van der Waals surface area contributed by atoms with Crippen molar-refractivity contribution in [2.75, 3.05) is 6.61 Å². The molecule has 0 amide bonds. The van der Waals surface area contributed by atoms with Crippen molar-refractivity contribution in [1.29, 1.82) is 0 Å². The number of H-pyrrole nitrogens is 1. The topological polar surface area (TPSA) is 42.1 Å². The molecule has 0 saturated heterocycles. The Morgan fingerprint density at radius 3 is 2.71 bits per heavy atom. The second-order valence-corrected chi connectivity index (χ2v) is 4.48. The largest absolute Gasteiger partial charge is 0.493 e. The third kappa shape index (κ3) is 2.72. The van der Waals surface area contributed by atoms with E-state index in [9.17, 15) is 22.4 Å². The molecule has 7 heteroatoms. The summed E-state index contributed by atoms with van der Waals surface area (Å²) >= 11 is 0. The van der Waals surface area contributed by atoms with Crippen LogP contribution in [0.1, 0.15) is 23.7 Å². The van der Waals surface area contributed by atoms with Gasteiger partial charge in [0.1, 0.15) is 5.75 Å². The first-order chi connectivity index (χ1) is 9.89. The quantitative estimate of drug-likeness (QED) is 0.646. The number of rotatable bonds is 6. The van der Waals surface area contributed by atoms with Gasteiger partial charge in [0.05, 0.1) is 17.6 Å². The molecule has 0 aliphatic rings. The van der Waals surface area contributed by atoms with Crippen LogP contribution in [-0.2, 0) is 0 Å².